The van der Waals surface area contributed by atoms with Crippen LogP contribution in [-0.4, -0.2) is 23.6 Å². The van der Waals surface area contributed by atoms with Gasteiger partial charge >= 0.3 is 0 Å². The number of benzene rings is 1. The molecule has 0 aliphatic heterocycles. The van der Waals surface area contributed by atoms with Crippen LogP contribution >= 0.6 is 0 Å². The predicted molar refractivity (Wildman–Crippen MR) is 71.0 cm³/mol. The lowest BCUT2D eigenvalue weighted by molar-refractivity contribution is 0.143. The molecule has 1 atom stereocenters. The summed E-state index contributed by atoms with van der Waals surface area (Å²) in [6.07, 6.45) is 2.56. The zero-order valence-corrected chi connectivity index (χ0v) is 11.2. The molecule has 1 unspecified atom stereocenters. The molecule has 1 heterocycles. The van der Waals surface area contributed by atoms with Gasteiger partial charge in [0.15, 0.2) is 11.6 Å². The summed E-state index contributed by atoms with van der Waals surface area (Å²) in [5.41, 5.74) is 1.03. The van der Waals surface area contributed by atoms with Crippen molar-refractivity contribution in [1.29, 1.82) is 0 Å². The van der Waals surface area contributed by atoms with Gasteiger partial charge in [-0.05, 0) is 25.6 Å². The number of furan rings is 1. The molecule has 0 radical (unpaired) electrons. The minimum Gasteiger partial charge on any atom is -0.472 e. The highest BCUT2D eigenvalue weighted by molar-refractivity contribution is 5.21. The Morgan fingerprint density at radius 1 is 1.30 bits per heavy atom. The second-order valence-electron chi connectivity index (χ2n) is 4.82. The van der Waals surface area contributed by atoms with E-state index in [2.05, 4.69) is 0 Å². The molecular weight excluding hydrogens is 264 g/mol. The Hall–Kier alpha value is -1.72. The van der Waals surface area contributed by atoms with Crippen LogP contribution in [0.3, 0.4) is 0 Å². The van der Waals surface area contributed by atoms with Crippen molar-refractivity contribution in [2.24, 2.45) is 0 Å². The lowest BCUT2D eigenvalue weighted by Crippen LogP contribution is -2.21. The number of rotatable bonds is 6. The van der Waals surface area contributed by atoms with Crippen LogP contribution in [-0.2, 0) is 6.54 Å². The van der Waals surface area contributed by atoms with Gasteiger partial charge in [-0.15, -0.1) is 0 Å². The minimum atomic E-state index is -1.02. The predicted octanol–water partition coefficient (Wildman–Crippen LogP) is 3.11. The highest BCUT2D eigenvalue weighted by Crippen LogP contribution is 2.22. The SMILES string of the molecule is CN(CCC(O)c1cccc(F)c1F)Cc1ccoc1. The van der Waals surface area contributed by atoms with Crippen LogP contribution in [0.25, 0.3) is 0 Å². The first-order valence-electron chi connectivity index (χ1n) is 6.39. The van der Waals surface area contributed by atoms with Gasteiger partial charge in [0.1, 0.15) is 0 Å². The Morgan fingerprint density at radius 3 is 2.80 bits per heavy atom. The summed E-state index contributed by atoms with van der Waals surface area (Å²) >= 11 is 0. The zero-order valence-electron chi connectivity index (χ0n) is 11.2. The van der Waals surface area contributed by atoms with Gasteiger partial charge in [0, 0.05) is 24.2 Å². The zero-order chi connectivity index (χ0) is 14.5. The highest BCUT2D eigenvalue weighted by atomic mass is 19.2. The molecule has 2 rings (SSSR count). The van der Waals surface area contributed by atoms with E-state index in [1.165, 1.54) is 12.1 Å². The van der Waals surface area contributed by atoms with Crippen LogP contribution in [0, 0.1) is 11.6 Å². The Morgan fingerprint density at radius 2 is 2.10 bits per heavy atom. The molecule has 0 aliphatic carbocycles. The smallest absolute Gasteiger partial charge is 0.164 e. The maximum absolute atomic E-state index is 13.5. The maximum atomic E-state index is 13.5. The van der Waals surface area contributed by atoms with Crippen molar-refractivity contribution >= 4 is 0 Å². The van der Waals surface area contributed by atoms with E-state index in [1.807, 2.05) is 18.0 Å². The van der Waals surface area contributed by atoms with Gasteiger partial charge in [-0.25, -0.2) is 8.78 Å². The summed E-state index contributed by atoms with van der Waals surface area (Å²) < 4.78 is 31.6. The second kappa shape index (κ2) is 6.63. The summed E-state index contributed by atoms with van der Waals surface area (Å²) in [6.45, 7) is 1.23. The third-order valence-electron chi connectivity index (χ3n) is 3.16. The van der Waals surface area contributed by atoms with Gasteiger partial charge < -0.3 is 14.4 Å². The summed E-state index contributed by atoms with van der Waals surface area (Å²) in [4.78, 5) is 1.98. The minimum absolute atomic E-state index is 0.00158. The van der Waals surface area contributed by atoms with Crippen LogP contribution in [0.5, 0.6) is 0 Å². The Kier molecular flexibility index (Phi) is 4.87. The monoisotopic (exact) mass is 281 g/mol. The van der Waals surface area contributed by atoms with Crippen LogP contribution in [0.2, 0.25) is 0 Å². The molecule has 0 bridgehead atoms. The fraction of sp³-hybridized carbons (Fsp3) is 0.333. The summed E-state index contributed by atoms with van der Waals surface area (Å²) in [6, 6.07) is 5.70. The Bertz CT molecular complexity index is 543. The van der Waals surface area contributed by atoms with E-state index >= 15 is 0 Å². The Balaban J connectivity index is 1.88. The molecule has 3 nitrogen and oxygen atoms in total. The van der Waals surface area contributed by atoms with Crippen molar-refractivity contribution < 1.29 is 18.3 Å². The van der Waals surface area contributed by atoms with Crippen LogP contribution < -0.4 is 0 Å². The van der Waals surface area contributed by atoms with Crippen molar-refractivity contribution in [1.82, 2.24) is 4.90 Å². The first-order valence-corrected chi connectivity index (χ1v) is 6.39. The molecule has 0 saturated carbocycles. The first kappa shape index (κ1) is 14.7. The van der Waals surface area contributed by atoms with Crippen molar-refractivity contribution in [2.75, 3.05) is 13.6 Å². The molecule has 1 aromatic heterocycles. The normalized spacial score (nSPS) is 12.8. The van der Waals surface area contributed by atoms with Crippen molar-refractivity contribution in [3.63, 3.8) is 0 Å². The number of hydrogen-bond donors (Lipinski definition) is 1. The molecule has 0 amide bonds. The maximum Gasteiger partial charge on any atom is 0.164 e. The van der Waals surface area contributed by atoms with Crippen LogP contribution in [0.4, 0.5) is 8.78 Å². The lowest BCUT2D eigenvalue weighted by Gasteiger charge is -2.18. The van der Waals surface area contributed by atoms with E-state index in [0.717, 1.165) is 11.6 Å². The average Bonchev–Trinajstić information content (AvgIpc) is 2.92. The number of aliphatic hydroxyl groups is 1. The van der Waals surface area contributed by atoms with Gasteiger partial charge in [-0.3, -0.25) is 0 Å². The average molecular weight is 281 g/mol. The standard InChI is InChI=1S/C15H17F2NO2/c1-18(9-11-6-8-20-10-11)7-5-14(19)12-3-2-4-13(16)15(12)17/h2-4,6,8,10,14,19H,5,7,9H2,1H3. The van der Waals surface area contributed by atoms with E-state index < -0.39 is 17.7 Å². The second-order valence-corrected chi connectivity index (χ2v) is 4.82. The van der Waals surface area contributed by atoms with Crippen molar-refractivity contribution in [2.45, 2.75) is 19.1 Å². The lowest BCUT2D eigenvalue weighted by atomic mass is 10.1. The van der Waals surface area contributed by atoms with Gasteiger partial charge in [-0.1, -0.05) is 12.1 Å². The van der Waals surface area contributed by atoms with Crippen LogP contribution in [0.15, 0.2) is 41.2 Å². The van der Waals surface area contributed by atoms with Crippen LogP contribution in [0.1, 0.15) is 23.7 Å². The largest absolute Gasteiger partial charge is 0.472 e. The third-order valence-corrected chi connectivity index (χ3v) is 3.16. The molecule has 108 valence electrons. The summed E-state index contributed by atoms with van der Waals surface area (Å²) in [5, 5.41) is 9.95. The number of halogens is 2. The van der Waals surface area contributed by atoms with E-state index in [0.29, 0.717) is 19.5 Å². The quantitative estimate of drug-likeness (QED) is 0.884. The summed E-state index contributed by atoms with van der Waals surface area (Å²) in [7, 11) is 1.89. The van der Waals surface area contributed by atoms with Gasteiger partial charge in [0.25, 0.3) is 0 Å². The number of hydrogen-bond acceptors (Lipinski definition) is 3. The number of nitrogens with zero attached hydrogens (tertiary/aromatic N) is 1. The highest BCUT2D eigenvalue weighted by Gasteiger charge is 2.16. The molecule has 0 spiro atoms. The summed E-state index contributed by atoms with van der Waals surface area (Å²) in [5.74, 6) is -1.91. The molecule has 1 N–H and O–H groups in total. The first-order chi connectivity index (χ1) is 9.58. The van der Waals surface area contributed by atoms with Gasteiger partial charge in [0.05, 0.1) is 18.6 Å². The molecule has 5 heteroatoms. The van der Waals surface area contributed by atoms with E-state index in [-0.39, 0.29) is 5.56 Å². The number of aliphatic hydroxyl groups excluding tert-OH is 1. The molecular formula is C15H17F2NO2. The molecule has 20 heavy (non-hydrogen) atoms. The molecule has 1 aromatic carbocycles. The van der Waals surface area contributed by atoms with Crippen molar-refractivity contribution in [3.05, 3.63) is 59.6 Å². The van der Waals surface area contributed by atoms with E-state index in [1.54, 1.807) is 12.5 Å². The fourth-order valence-corrected chi connectivity index (χ4v) is 2.05. The Labute approximate surface area is 116 Å². The molecule has 0 saturated heterocycles. The van der Waals surface area contributed by atoms with E-state index in [4.69, 9.17) is 4.42 Å². The third kappa shape index (κ3) is 3.65. The molecule has 0 fully saturated rings. The van der Waals surface area contributed by atoms with Gasteiger partial charge in [-0.2, -0.15) is 0 Å². The molecule has 0 aliphatic rings. The fourth-order valence-electron chi connectivity index (χ4n) is 2.05. The molecule has 2 aromatic rings. The van der Waals surface area contributed by atoms with E-state index in [9.17, 15) is 13.9 Å². The topological polar surface area (TPSA) is 36.6 Å². The van der Waals surface area contributed by atoms with Gasteiger partial charge in [0.2, 0.25) is 0 Å². The van der Waals surface area contributed by atoms with Crippen molar-refractivity contribution in [3.8, 4) is 0 Å².